The Morgan fingerprint density at radius 3 is 2.55 bits per heavy atom. The van der Waals surface area contributed by atoms with Gasteiger partial charge in [0.1, 0.15) is 5.75 Å². The Kier molecular flexibility index (Phi) is 5.67. The van der Waals surface area contributed by atoms with Crippen LogP contribution in [0.1, 0.15) is 6.42 Å². The Morgan fingerprint density at radius 2 is 1.85 bits per heavy atom. The van der Waals surface area contributed by atoms with Crippen molar-refractivity contribution in [2.75, 3.05) is 11.9 Å². The van der Waals surface area contributed by atoms with Crippen LogP contribution in [0.2, 0.25) is 5.02 Å². The lowest BCUT2D eigenvalue weighted by atomic mass is 10.3. The zero-order valence-corrected chi connectivity index (χ0v) is 13.5. The quantitative estimate of drug-likeness (QED) is 0.756. The summed E-state index contributed by atoms with van der Waals surface area (Å²) in [5, 5.41) is 3.52. The number of ether oxygens (including phenoxy) is 1. The van der Waals surface area contributed by atoms with Crippen molar-refractivity contribution in [1.29, 1.82) is 0 Å². The number of hydrogen-bond acceptors (Lipinski definition) is 2. The molecule has 0 unspecified atom stereocenters. The minimum Gasteiger partial charge on any atom is -0.493 e. The molecule has 0 saturated heterocycles. The van der Waals surface area contributed by atoms with Crippen LogP contribution >= 0.6 is 34.2 Å². The normalized spacial score (nSPS) is 10.1. The number of para-hydroxylation sites is 1. The maximum absolute atomic E-state index is 11.8. The molecule has 3 nitrogen and oxygen atoms in total. The molecule has 0 fully saturated rings. The number of amides is 1. The number of halogens is 2. The fourth-order valence-corrected chi connectivity index (χ4v) is 2.22. The second-order valence-electron chi connectivity index (χ2n) is 4.08. The van der Waals surface area contributed by atoms with Crippen LogP contribution < -0.4 is 10.1 Å². The molecule has 5 heteroatoms. The molecule has 0 spiro atoms. The molecule has 2 aromatic carbocycles. The van der Waals surface area contributed by atoms with Gasteiger partial charge in [-0.15, -0.1) is 0 Å². The third kappa shape index (κ3) is 4.68. The number of carbonyl (C=O) groups is 1. The zero-order valence-electron chi connectivity index (χ0n) is 10.6. The summed E-state index contributed by atoms with van der Waals surface area (Å²) in [4.78, 5) is 11.8. The van der Waals surface area contributed by atoms with Crippen LogP contribution in [0.25, 0.3) is 0 Å². The number of carbonyl (C=O) groups excluding carboxylic acids is 1. The van der Waals surface area contributed by atoms with E-state index in [1.165, 1.54) is 0 Å². The molecule has 104 valence electrons. The predicted octanol–water partition coefficient (Wildman–Crippen LogP) is 4.35. The number of nitrogens with one attached hydrogen (secondary N) is 1. The Balaban J connectivity index is 1.78. The molecule has 2 aromatic rings. The van der Waals surface area contributed by atoms with Crippen LogP contribution in [0.3, 0.4) is 0 Å². The molecule has 0 saturated carbocycles. The van der Waals surface area contributed by atoms with Crippen molar-refractivity contribution in [3.05, 3.63) is 57.1 Å². The molecule has 0 aromatic heterocycles. The highest BCUT2D eigenvalue weighted by Crippen LogP contribution is 2.18. The van der Waals surface area contributed by atoms with E-state index in [1.54, 1.807) is 24.3 Å². The fourth-order valence-electron chi connectivity index (χ4n) is 1.57. The number of benzene rings is 2. The molecular weight excluding hydrogens is 389 g/mol. The fraction of sp³-hybridized carbons (Fsp3) is 0.133. The summed E-state index contributed by atoms with van der Waals surface area (Å²) < 4.78 is 6.49. The average Bonchev–Trinajstić information content (AvgIpc) is 2.44. The number of rotatable bonds is 5. The summed E-state index contributed by atoms with van der Waals surface area (Å²) >= 11 is 7.97. The first-order chi connectivity index (χ1) is 9.65. The Labute approximate surface area is 136 Å². The highest BCUT2D eigenvalue weighted by molar-refractivity contribution is 14.1. The van der Waals surface area contributed by atoms with Gasteiger partial charge in [0.25, 0.3) is 0 Å². The van der Waals surface area contributed by atoms with Crippen LogP contribution in [0.15, 0.2) is 48.5 Å². The van der Waals surface area contributed by atoms with Crippen molar-refractivity contribution in [3.63, 3.8) is 0 Å². The lowest BCUT2D eigenvalue weighted by Crippen LogP contribution is -2.15. The van der Waals surface area contributed by atoms with Gasteiger partial charge in [-0.2, -0.15) is 0 Å². The Morgan fingerprint density at radius 1 is 1.15 bits per heavy atom. The van der Waals surface area contributed by atoms with Crippen molar-refractivity contribution in [3.8, 4) is 5.75 Å². The minimum atomic E-state index is -0.0666. The molecule has 0 radical (unpaired) electrons. The maximum atomic E-state index is 11.8. The number of hydrogen-bond donors (Lipinski definition) is 1. The second-order valence-corrected chi connectivity index (χ2v) is 5.68. The van der Waals surface area contributed by atoms with E-state index in [1.807, 2.05) is 24.3 Å². The van der Waals surface area contributed by atoms with Gasteiger partial charge in [-0.05, 0) is 59.0 Å². The van der Waals surface area contributed by atoms with Gasteiger partial charge < -0.3 is 10.1 Å². The molecule has 0 aliphatic rings. The minimum absolute atomic E-state index is 0.0666. The van der Waals surface area contributed by atoms with Gasteiger partial charge in [0.15, 0.2) is 0 Å². The van der Waals surface area contributed by atoms with Crippen LogP contribution in [-0.4, -0.2) is 12.5 Å². The topological polar surface area (TPSA) is 38.3 Å². The van der Waals surface area contributed by atoms with Gasteiger partial charge in [-0.25, -0.2) is 0 Å². The maximum Gasteiger partial charge on any atom is 0.227 e. The SMILES string of the molecule is O=C(CCOc1ccc(Cl)cc1)Nc1ccccc1I. The molecule has 0 bridgehead atoms. The summed E-state index contributed by atoms with van der Waals surface area (Å²) in [6.07, 6.45) is 0.299. The molecule has 0 aliphatic heterocycles. The van der Waals surface area contributed by atoms with Gasteiger partial charge in [0, 0.05) is 8.59 Å². The first-order valence-corrected chi connectivity index (χ1v) is 7.53. The average molecular weight is 402 g/mol. The van der Waals surface area contributed by atoms with E-state index in [-0.39, 0.29) is 5.91 Å². The lowest BCUT2D eigenvalue weighted by molar-refractivity contribution is -0.116. The van der Waals surface area contributed by atoms with Crippen LogP contribution in [0, 0.1) is 3.57 Å². The standard InChI is InChI=1S/C15H13ClINO2/c16-11-5-7-12(8-6-11)20-10-9-15(19)18-14-4-2-1-3-13(14)17/h1-8H,9-10H2,(H,18,19). The molecular formula is C15H13ClINO2. The highest BCUT2D eigenvalue weighted by Gasteiger charge is 2.05. The smallest absolute Gasteiger partial charge is 0.227 e. The molecule has 0 atom stereocenters. The van der Waals surface area contributed by atoms with E-state index in [4.69, 9.17) is 16.3 Å². The van der Waals surface area contributed by atoms with E-state index in [2.05, 4.69) is 27.9 Å². The third-order valence-corrected chi connectivity index (χ3v) is 3.75. The van der Waals surface area contributed by atoms with E-state index in [0.29, 0.717) is 23.8 Å². The molecule has 0 heterocycles. The number of anilines is 1. The molecule has 20 heavy (non-hydrogen) atoms. The van der Waals surface area contributed by atoms with E-state index < -0.39 is 0 Å². The zero-order chi connectivity index (χ0) is 14.4. The van der Waals surface area contributed by atoms with Crippen molar-refractivity contribution < 1.29 is 9.53 Å². The van der Waals surface area contributed by atoms with E-state index in [0.717, 1.165) is 9.26 Å². The van der Waals surface area contributed by atoms with Gasteiger partial charge in [0.2, 0.25) is 5.91 Å². The first kappa shape index (κ1) is 15.1. The molecule has 1 N–H and O–H groups in total. The summed E-state index contributed by atoms with van der Waals surface area (Å²) in [5.74, 6) is 0.638. The van der Waals surface area contributed by atoms with Crippen LogP contribution in [0.5, 0.6) is 5.75 Å². The predicted molar refractivity (Wildman–Crippen MR) is 89.4 cm³/mol. The highest BCUT2D eigenvalue weighted by atomic mass is 127. The summed E-state index contributed by atoms with van der Waals surface area (Å²) in [7, 11) is 0. The van der Waals surface area contributed by atoms with Crippen molar-refractivity contribution >= 4 is 45.8 Å². The lowest BCUT2D eigenvalue weighted by Gasteiger charge is -2.08. The summed E-state index contributed by atoms with van der Waals surface area (Å²) in [6, 6.07) is 14.7. The Hall–Kier alpha value is -1.27. The summed E-state index contributed by atoms with van der Waals surface area (Å²) in [6.45, 7) is 0.330. The molecule has 1 amide bonds. The monoisotopic (exact) mass is 401 g/mol. The third-order valence-electron chi connectivity index (χ3n) is 2.56. The van der Waals surface area contributed by atoms with Crippen molar-refractivity contribution in [2.24, 2.45) is 0 Å². The van der Waals surface area contributed by atoms with Crippen molar-refractivity contribution in [2.45, 2.75) is 6.42 Å². The Bertz CT molecular complexity index is 587. The molecule has 0 aliphatic carbocycles. The summed E-state index contributed by atoms with van der Waals surface area (Å²) in [5.41, 5.74) is 0.824. The largest absolute Gasteiger partial charge is 0.493 e. The van der Waals surface area contributed by atoms with Gasteiger partial charge in [-0.3, -0.25) is 4.79 Å². The van der Waals surface area contributed by atoms with E-state index in [9.17, 15) is 4.79 Å². The van der Waals surface area contributed by atoms with Crippen molar-refractivity contribution in [1.82, 2.24) is 0 Å². The van der Waals surface area contributed by atoms with Gasteiger partial charge >= 0.3 is 0 Å². The van der Waals surface area contributed by atoms with E-state index >= 15 is 0 Å². The molecule has 2 rings (SSSR count). The van der Waals surface area contributed by atoms with Crippen LogP contribution in [-0.2, 0) is 4.79 Å². The van der Waals surface area contributed by atoms with Crippen LogP contribution in [0.4, 0.5) is 5.69 Å². The van der Waals surface area contributed by atoms with Gasteiger partial charge in [-0.1, -0.05) is 23.7 Å². The first-order valence-electron chi connectivity index (χ1n) is 6.08. The second kappa shape index (κ2) is 7.50. The van der Waals surface area contributed by atoms with Gasteiger partial charge in [0.05, 0.1) is 18.7 Å².